The fourth-order valence-corrected chi connectivity index (χ4v) is 4.45. The van der Waals surface area contributed by atoms with Crippen molar-refractivity contribution in [3.05, 3.63) is 23.8 Å². The van der Waals surface area contributed by atoms with Gasteiger partial charge in [-0.3, -0.25) is 4.90 Å². The van der Waals surface area contributed by atoms with Gasteiger partial charge in [-0.2, -0.15) is 0 Å². The van der Waals surface area contributed by atoms with E-state index in [-0.39, 0.29) is 18.2 Å². The van der Waals surface area contributed by atoms with Gasteiger partial charge in [0.2, 0.25) is 0 Å². The average Bonchev–Trinajstić information content (AvgIpc) is 3.35. The van der Waals surface area contributed by atoms with Crippen LogP contribution in [-0.2, 0) is 14.0 Å². The quantitative estimate of drug-likeness (QED) is 0.689. The molecule has 2 fully saturated rings. The number of rotatable bonds is 3. The maximum atomic E-state index is 15.3. The topological polar surface area (TPSA) is 65.8 Å². The van der Waals surface area contributed by atoms with E-state index in [0.29, 0.717) is 28.9 Å². The highest BCUT2D eigenvalue weighted by Gasteiger charge is 2.52. The summed E-state index contributed by atoms with van der Waals surface area (Å²) >= 11 is 0. The molecule has 0 N–H and O–H groups in total. The molecule has 4 rings (SSSR count). The zero-order valence-corrected chi connectivity index (χ0v) is 19.4. The number of benzene rings is 1. The van der Waals surface area contributed by atoms with Gasteiger partial charge in [0.05, 0.1) is 29.9 Å². The third-order valence-electron chi connectivity index (χ3n) is 6.80. The van der Waals surface area contributed by atoms with Gasteiger partial charge < -0.3 is 18.6 Å². The third kappa shape index (κ3) is 3.51. The first-order valence-electron chi connectivity index (χ1n) is 10.9. The maximum absolute atomic E-state index is 15.3. The predicted molar refractivity (Wildman–Crippen MR) is 117 cm³/mol. The van der Waals surface area contributed by atoms with Gasteiger partial charge in [-0.05, 0) is 72.0 Å². The van der Waals surface area contributed by atoms with E-state index in [1.165, 1.54) is 13.2 Å². The summed E-state index contributed by atoms with van der Waals surface area (Å²) in [5.74, 6) is 0.253. The van der Waals surface area contributed by atoms with Gasteiger partial charge in [0, 0.05) is 12.6 Å². The molecule has 2 saturated heterocycles. The van der Waals surface area contributed by atoms with Gasteiger partial charge >= 0.3 is 13.2 Å². The monoisotopic (exact) mass is 431 g/mol. The van der Waals surface area contributed by atoms with E-state index in [2.05, 4.69) is 4.98 Å². The number of aromatic nitrogens is 2. The van der Waals surface area contributed by atoms with E-state index in [9.17, 15) is 4.79 Å². The van der Waals surface area contributed by atoms with E-state index in [4.69, 9.17) is 14.0 Å². The first-order valence-corrected chi connectivity index (χ1v) is 10.9. The Kier molecular flexibility index (Phi) is 5.33. The summed E-state index contributed by atoms with van der Waals surface area (Å²) in [5.41, 5.74) is 0.551. The number of nitrogens with zero attached hydrogens (tertiary/aromatic N) is 3. The Hall–Kier alpha value is -2.13. The molecule has 168 valence electrons. The summed E-state index contributed by atoms with van der Waals surface area (Å²) in [7, 11) is 0.709. The van der Waals surface area contributed by atoms with Crippen LogP contribution >= 0.6 is 0 Å². The summed E-state index contributed by atoms with van der Waals surface area (Å²) in [6, 6.07) is 3.11. The van der Waals surface area contributed by atoms with E-state index in [1.807, 2.05) is 52.2 Å². The fraction of sp³-hybridized carbons (Fsp3) is 0.636. The van der Waals surface area contributed by atoms with Crippen LogP contribution in [-0.4, -0.2) is 52.5 Å². The molecule has 1 aromatic heterocycles. The van der Waals surface area contributed by atoms with Crippen molar-refractivity contribution < 1.29 is 23.2 Å². The molecule has 2 aliphatic heterocycles. The van der Waals surface area contributed by atoms with Crippen LogP contribution in [0.5, 0.6) is 0 Å². The van der Waals surface area contributed by atoms with E-state index >= 15 is 4.39 Å². The van der Waals surface area contributed by atoms with Crippen LogP contribution in [0, 0.1) is 5.82 Å². The fourth-order valence-electron chi connectivity index (χ4n) is 4.45. The number of ether oxygens (including phenoxy) is 1. The Morgan fingerprint density at radius 3 is 2.48 bits per heavy atom. The number of fused-ring (bicyclic) bond motifs is 1. The molecule has 1 aromatic carbocycles. The van der Waals surface area contributed by atoms with Crippen molar-refractivity contribution in [3.8, 4) is 0 Å². The smallest absolute Gasteiger partial charge is 0.453 e. The van der Waals surface area contributed by atoms with Gasteiger partial charge in [-0.15, -0.1) is 0 Å². The largest absolute Gasteiger partial charge is 0.495 e. The summed E-state index contributed by atoms with van der Waals surface area (Å²) < 4.78 is 34.5. The molecule has 31 heavy (non-hydrogen) atoms. The number of imidazole rings is 1. The van der Waals surface area contributed by atoms with E-state index in [1.54, 1.807) is 4.90 Å². The lowest BCUT2D eigenvalue weighted by Gasteiger charge is -2.32. The second kappa shape index (κ2) is 7.48. The number of hydrogen-bond acceptors (Lipinski definition) is 5. The Balaban J connectivity index is 1.82. The molecular weight excluding hydrogens is 400 g/mol. The maximum Gasteiger partial charge on any atom is 0.495 e. The van der Waals surface area contributed by atoms with Crippen LogP contribution in [0.2, 0.25) is 0 Å². The molecular formula is C22H31BFN3O4. The van der Waals surface area contributed by atoms with Crippen LogP contribution in [0.1, 0.15) is 72.3 Å². The zero-order chi connectivity index (χ0) is 22.7. The standard InChI is InChI=1S/C22H31BFN3O4/c1-13(2)27-17-12-14(23-30-21(3,4)22(5,6)31-23)11-15(24)18(17)25-19(27)16-9-8-10-26(16)20(28)29-7/h11-13,16H,8-10H2,1-7H3/t16-/m0/s1. The molecule has 1 amide bonds. The molecule has 3 heterocycles. The Morgan fingerprint density at radius 1 is 1.26 bits per heavy atom. The molecule has 0 saturated carbocycles. The number of hydrogen-bond donors (Lipinski definition) is 0. The minimum Gasteiger partial charge on any atom is -0.453 e. The average molecular weight is 431 g/mol. The minimum absolute atomic E-state index is 0.0213. The first-order chi connectivity index (χ1) is 14.5. The highest BCUT2D eigenvalue weighted by molar-refractivity contribution is 6.62. The number of likely N-dealkylation sites (tertiary alicyclic amines) is 1. The lowest BCUT2D eigenvalue weighted by atomic mass is 9.79. The predicted octanol–water partition coefficient (Wildman–Crippen LogP) is 3.96. The molecule has 0 bridgehead atoms. The van der Waals surface area contributed by atoms with E-state index in [0.717, 1.165) is 12.8 Å². The molecule has 1 atom stereocenters. The lowest BCUT2D eigenvalue weighted by molar-refractivity contribution is 0.00578. The molecule has 0 radical (unpaired) electrons. The molecule has 7 nitrogen and oxygen atoms in total. The summed E-state index contributed by atoms with van der Waals surface area (Å²) in [6.07, 6.45) is 1.22. The van der Waals surface area contributed by atoms with Crippen LogP contribution in [0.4, 0.5) is 9.18 Å². The summed E-state index contributed by atoms with van der Waals surface area (Å²) in [6.45, 7) is 12.5. The van der Waals surface area contributed by atoms with Crippen molar-refractivity contribution in [2.24, 2.45) is 0 Å². The molecule has 0 spiro atoms. The highest BCUT2D eigenvalue weighted by Crippen LogP contribution is 2.38. The summed E-state index contributed by atoms with van der Waals surface area (Å²) in [5, 5.41) is 0. The molecule has 9 heteroatoms. The van der Waals surface area contributed by atoms with Crippen molar-refractivity contribution >= 4 is 29.7 Å². The Labute approximate surface area is 183 Å². The third-order valence-corrected chi connectivity index (χ3v) is 6.80. The highest BCUT2D eigenvalue weighted by atomic mass is 19.1. The van der Waals surface area contributed by atoms with Crippen molar-refractivity contribution in [2.45, 2.75) is 77.7 Å². The first kappa shape index (κ1) is 22.1. The number of carbonyl (C=O) groups is 1. The minimum atomic E-state index is -0.666. The van der Waals surface area contributed by atoms with E-state index < -0.39 is 24.1 Å². The normalized spacial score (nSPS) is 22.7. The van der Waals surface area contributed by atoms with Crippen LogP contribution < -0.4 is 5.46 Å². The van der Waals surface area contributed by atoms with Crippen molar-refractivity contribution in [1.82, 2.24) is 14.5 Å². The number of amides is 1. The van der Waals surface area contributed by atoms with Gasteiger partial charge in [-0.1, -0.05) is 0 Å². The Morgan fingerprint density at radius 2 is 1.90 bits per heavy atom. The Bertz CT molecular complexity index is 1000. The second-order valence-electron chi connectivity index (χ2n) is 9.71. The van der Waals surface area contributed by atoms with Crippen LogP contribution in [0.15, 0.2) is 12.1 Å². The van der Waals surface area contributed by atoms with Crippen molar-refractivity contribution in [3.63, 3.8) is 0 Å². The zero-order valence-electron chi connectivity index (χ0n) is 19.4. The molecule has 2 aromatic rings. The second-order valence-corrected chi connectivity index (χ2v) is 9.71. The SMILES string of the molecule is COC(=O)N1CCC[C@H]1c1nc2c(F)cc(B3OC(C)(C)C(C)(C)O3)cc2n1C(C)C. The molecule has 2 aliphatic rings. The van der Waals surface area contributed by atoms with Crippen molar-refractivity contribution in [2.75, 3.05) is 13.7 Å². The van der Waals surface area contributed by atoms with Crippen LogP contribution in [0.25, 0.3) is 11.0 Å². The number of carbonyl (C=O) groups excluding carboxylic acids is 1. The lowest BCUT2D eigenvalue weighted by Crippen LogP contribution is -2.41. The number of methoxy groups -OCH3 is 1. The van der Waals surface area contributed by atoms with Crippen molar-refractivity contribution in [1.29, 1.82) is 0 Å². The van der Waals surface area contributed by atoms with Gasteiger partial charge in [0.15, 0.2) is 5.82 Å². The van der Waals surface area contributed by atoms with Crippen LogP contribution in [0.3, 0.4) is 0 Å². The van der Waals surface area contributed by atoms with Gasteiger partial charge in [0.25, 0.3) is 0 Å². The van der Waals surface area contributed by atoms with Gasteiger partial charge in [-0.25, -0.2) is 14.2 Å². The van der Waals surface area contributed by atoms with Gasteiger partial charge in [0.1, 0.15) is 11.3 Å². The molecule has 0 unspecified atom stereocenters. The number of halogens is 1. The molecule has 0 aliphatic carbocycles. The summed E-state index contributed by atoms with van der Waals surface area (Å²) in [4.78, 5) is 18.6.